The molecule has 0 unspecified atom stereocenters. The highest BCUT2D eigenvalue weighted by Gasteiger charge is 2.60. The number of likely N-dealkylation sites (tertiary alicyclic amines) is 1. The molecule has 2 saturated carbocycles. The average Bonchev–Trinajstić information content (AvgIpc) is 3.75. The number of nitrogens with one attached hydrogen (secondary N) is 3. The summed E-state index contributed by atoms with van der Waals surface area (Å²) in [5.74, 6) is -2.00. The molecule has 3 aliphatic rings. The second-order valence-electron chi connectivity index (χ2n) is 10.4. The summed E-state index contributed by atoms with van der Waals surface area (Å²) < 4.78 is 26.7. The van der Waals surface area contributed by atoms with Crippen LogP contribution in [0.5, 0.6) is 0 Å². The highest BCUT2D eigenvalue weighted by Crippen LogP contribution is 2.44. The third-order valence-corrected chi connectivity index (χ3v) is 10.2. The van der Waals surface area contributed by atoms with Gasteiger partial charge in [0.2, 0.25) is 21.8 Å². The van der Waals surface area contributed by atoms with Gasteiger partial charge < -0.3 is 20.6 Å². The van der Waals surface area contributed by atoms with Gasteiger partial charge in [-0.2, -0.15) is 0 Å². The van der Waals surface area contributed by atoms with Crippen LogP contribution in [0.15, 0.2) is 36.5 Å². The first-order chi connectivity index (χ1) is 18.0. The van der Waals surface area contributed by atoms with E-state index in [4.69, 9.17) is 0 Å². The van der Waals surface area contributed by atoms with Crippen LogP contribution in [0.4, 0.5) is 5.13 Å². The number of β-amino-alcohol motifs (C(OH)–C–C–N with tert-alkyl or cyclic N) is 1. The van der Waals surface area contributed by atoms with E-state index in [0.29, 0.717) is 24.4 Å². The van der Waals surface area contributed by atoms with E-state index in [1.807, 2.05) is 30.3 Å². The van der Waals surface area contributed by atoms with Crippen LogP contribution in [-0.4, -0.2) is 76.7 Å². The van der Waals surface area contributed by atoms with Crippen LogP contribution >= 0.6 is 11.3 Å². The fraction of sp³-hybridized carbons (Fsp3) is 0.520. The van der Waals surface area contributed by atoms with Gasteiger partial charge in [0.15, 0.2) is 5.13 Å². The van der Waals surface area contributed by atoms with Crippen molar-refractivity contribution in [1.82, 2.24) is 19.9 Å². The van der Waals surface area contributed by atoms with Crippen LogP contribution in [0.2, 0.25) is 0 Å². The predicted molar refractivity (Wildman–Crippen MR) is 141 cm³/mol. The smallest absolute Gasteiger partial charge is 0.259 e. The van der Waals surface area contributed by atoms with Gasteiger partial charge in [-0.3, -0.25) is 19.1 Å². The van der Waals surface area contributed by atoms with E-state index in [0.717, 1.165) is 10.4 Å². The van der Waals surface area contributed by atoms with Crippen molar-refractivity contribution < 1.29 is 27.9 Å². The van der Waals surface area contributed by atoms with Crippen LogP contribution in [0.25, 0.3) is 10.4 Å². The highest BCUT2D eigenvalue weighted by molar-refractivity contribution is 7.91. The number of carbonyl (C=O) groups excluding carboxylic acids is 3. The number of sulfonamides is 1. The third kappa shape index (κ3) is 5.27. The monoisotopic (exact) mass is 561 g/mol. The van der Waals surface area contributed by atoms with Crippen molar-refractivity contribution in [3.63, 3.8) is 0 Å². The van der Waals surface area contributed by atoms with Crippen LogP contribution in [0.3, 0.4) is 0 Å². The lowest BCUT2D eigenvalue weighted by Crippen LogP contribution is -2.57. The van der Waals surface area contributed by atoms with E-state index < -0.39 is 56.7 Å². The minimum atomic E-state index is -3.77. The molecule has 1 saturated heterocycles. The minimum Gasteiger partial charge on any atom is -0.391 e. The number of thiazole rings is 1. The van der Waals surface area contributed by atoms with Crippen LogP contribution in [0.1, 0.15) is 39.5 Å². The summed E-state index contributed by atoms with van der Waals surface area (Å²) in [6.07, 6.45) is 2.15. The summed E-state index contributed by atoms with van der Waals surface area (Å²) in [5.41, 5.74) is -0.339. The lowest BCUT2D eigenvalue weighted by molar-refractivity contribution is -0.140. The summed E-state index contributed by atoms with van der Waals surface area (Å²) in [4.78, 5) is 46.1. The molecule has 1 aromatic heterocycles. The molecule has 5 atom stereocenters. The van der Waals surface area contributed by atoms with Crippen molar-refractivity contribution in [3.8, 4) is 10.4 Å². The Labute approximate surface area is 225 Å². The molecule has 13 heteroatoms. The van der Waals surface area contributed by atoms with Crippen molar-refractivity contribution in [2.24, 2.45) is 5.92 Å². The third-order valence-electron chi connectivity index (χ3n) is 7.40. The molecule has 5 rings (SSSR count). The summed E-state index contributed by atoms with van der Waals surface area (Å²) >= 11 is 1.40. The Hall–Kier alpha value is -3.03. The molecule has 204 valence electrons. The molecule has 1 aromatic carbocycles. The molecule has 38 heavy (non-hydrogen) atoms. The Bertz CT molecular complexity index is 1340. The Morgan fingerprint density at radius 1 is 1.21 bits per heavy atom. The number of rotatable bonds is 9. The van der Waals surface area contributed by atoms with Gasteiger partial charge in [0.25, 0.3) is 5.91 Å². The van der Waals surface area contributed by atoms with Crippen molar-refractivity contribution >= 4 is 44.2 Å². The van der Waals surface area contributed by atoms with E-state index in [1.54, 1.807) is 20.0 Å². The Morgan fingerprint density at radius 2 is 1.89 bits per heavy atom. The predicted octanol–water partition coefficient (Wildman–Crippen LogP) is 1.08. The first kappa shape index (κ1) is 26.6. The molecule has 11 nitrogen and oxygen atoms in total. The molecular weight excluding hydrogens is 530 g/mol. The number of nitrogens with zero attached hydrogens (tertiary/aromatic N) is 2. The van der Waals surface area contributed by atoms with Gasteiger partial charge in [0.1, 0.15) is 17.6 Å². The molecule has 2 aromatic rings. The minimum absolute atomic E-state index is 0.0200. The van der Waals surface area contributed by atoms with Gasteiger partial charge in [-0.05, 0) is 37.7 Å². The quantitative estimate of drug-likeness (QED) is 0.354. The van der Waals surface area contributed by atoms with Gasteiger partial charge in [-0.25, -0.2) is 13.4 Å². The summed E-state index contributed by atoms with van der Waals surface area (Å²) in [6.45, 7) is 3.38. The Kier molecular flexibility index (Phi) is 6.95. The standard InChI is InChI=1S/C25H31N5O6S2/c1-14-11-25(14,23(34)29-38(35,36)18-8-9-18)28-21(32)19-10-17(31)13-30(19)22(33)15(2)27-24-26-12-20(37-24)16-6-4-3-5-7-16/h3-7,12,14-15,17-19,31H,8-11,13H2,1-2H3,(H,26,27)(H,28,32)(H,29,34)/t14-,15+,17-,19+,25-/m1/s1. The summed E-state index contributed by atoms with van der Waals surface area (Å²) in [7, 11) is -3.77. The maximum absolute atomic E-state index is 13.3. The summed E-state index contributed by atoms with van der Waals surface area (Å²) in [5, 5.41) is 16.1. The number of hydrogen-bond donors (Lipinski definition) is 4. The zero-order valence-corrected chi connectivity index (χ0v) is 22.7. The van der Waals surface area contributed by atoms with Gasteiger partial charge in [-0.1, -0.05) is 48.6 Å². The van der Waals surface area contributed by atoms with Crippen LogP contribution < -0.4 is 15.4 Å². The first-order valence-corrected chi connectivity index (χ1v) is 15.0. The number of aliphatic hydroxyl groups is 1. The molecule has 3 amide bonds. The number of benzene rings is 1. The maximum atomic E-state index is 13.3. The largest absolute Gasteiger partial charge is 0.391 e. The number of hydrogen-bond acceptors (Lipinski definition) is 9. The fourth-order valence-electron chi connectivity index (χ4n) is 4.83. The van der Waals surface area contributed by atoms with E-state index in [2.05, 4.69) is 20.3 Å². The van der Waals surface area contributed by atoms with Crippen LogP contribution in [-0.2, 0) is 24.4 Å². The van der Waals surface area contributed by atoms with Gasteiger partial charge >= 0.3 is 0 Å². The molecule has 4 N–H and O–H groups in total. The second-order valence-corrected chi connectivity index (χ2v) is 13.4. The zero-order valence-electron chi connectivity index (χ0n) is 21.1. The lowest BCUT2D eigenvalue weighted by atomic mass is 10.1. The van der Waals surface area contributed by atoms with E-state index in [1.165, 1.54) is 16.2 Å². The van der Waals surface area contributed by atoms with E-state index in [9.17, 15) is 27.9 Å². The second kappa shape index (κ2) is 9.93. The zero-order chi connectivity index (χ0) is 27.2. The summed E-state index contributed by atoms with van der Waals surface area (Å²) in [6, 6.07) is 8.00. The van der Waals surface area contributed by atoms with E-state index in [-0.39, 0.29) is 18.9 Å². The van der Waals surface area contributed by atoms with Crippen molar-refractivity contribution in [1.29, 1.82) is 0 Å². The number of anilines is 1. The number of aliphatic hydroxyl groups excluding tert-OH is 1. The fourth-order valence-corrected chi connectivity index (χ4v) is 7.11. The number of carbonyl (C=O) groups is 3. The molecule has 0 spiro atoms. The highest BCUT2D eigenvalue weighted by atomic mass is 32.2. The average molecular weight is 562 g/mol. The number of aromatic nitrogens is 1. The molecule has 1 aliphatic heterocycles. The van der Waals surface area contributed by atoms with E-state index >= 15 is 0 Å². The Morgan fingerprint density at radius 3 is 2.53 bits per heavy atom. The lowest BCUT2D eigenvalue weighted by Gasteiger charge is -2.28. The topological polar surface area (TPSA) is 158 Å². The molecular formula is C25H31N5O6S2. The molecule has 2 heterocycles. The number of amides is 3. The SMILES string of the molecule is C[C@H](Nc1ncc(-c2ccccc2)s1)C(=O)N1C[C@H](O)C[C@H]1C(=O)N[C@]1(C(=O)NS(=O)(=O)C2CC2)C[C@H]1C. The molecule has 0 radical (unpaired) electrons. The van der Waals surface area contributed by atoms with Crippen LogP contribution in [0, 0.1) is 5.92 Å². The molecule has 0 bridgehead atoms. The van der Waals surface area contributed by atoms with Gasteiger partial charge in [0.05, 0.1) is 16.2 Å². The first-order valence-electron chi connectivity index (χ1n) is 12.6. The van der Waals surface area contributed by atoms with Gasteiger partial charge in [0, 0.05) is 19.2 Å². The normalized spacial score (nSPS) is 27.4. The van der Waals surface area contributed by atoms with Crippen molar-refractivity contribution in [2.45, 2.75) is 68.5 Å². The maximum Gasteiger partial charge on any atom is 0.259 e. The molecule has 3 fully saturated rings. The van der Waals surface area contributed by atoms with Gasteiger partial charge in [-0.15, -0.1) is 0 Å². The Balaban J connectivity index is 1.24. The van der Waals surface area contributed by atoms with Crippen molar-refractivity contribution in [2.75, 3.05) is 11.9 Å². The van der Waals surface area contributed by atoms with Crippen molar-refractivity contribution in [3.05, 3.63) is 36.5 Å². The molecule has 2 aliphatic carbocycles.